The Hall–Kier alpha value is -3.35. The maximum absolute atomic E-state index is 12.4. The molecular formula is C22H26N2O5. The van der Waals surface area contributed by atoms with Crippen LogP contribution in [0.2, 0.25) is 0 Å². The Balaban J connectivity index is 1.87. The van der Waals surface area contributed by atoms with E-state index < -0.39 is 5.97 Å². The van der Waals surface area contributed by atoms with Gasteiger partial charge in [0.1, 0.15) is 5.75 Å². The van der Waals surface area contributed by atoms with Crippen LogP contribution in [0.3, 0.4) is 0 Å². The number of aliphatic carboxylic acids is 1. The molecule has 0 atom stereocenters. The predicted octanol–water partition coefficient (Wildman–Crippen LogP) is 3.57. The molecule has 2 aromatic rings. The van der Waals surface area contributed by atoms with Crippen molar-refractivity contribution in [2.75, 3.05) is 18.5 Å². The molecular weight excluding hydrogens is 372 g/mol. The molecule has 29 heavy (non-hydrogen) atoms. The Morgan fingerprint density at radius 1 is 0.931 bits per heavy atom. The van der Waals surface area contributed by atoms with Crippen molar-refractivity contribution in [3.63, 3.8) is 0 Å². The number of hydrogen-bond donors (Lipinski definition) is 3. The third kappa shape index (κ3) is 7.65. The highest BCUT2D eigenvalue weighted by Gasteiger charge is 2.09. The number of carbonyl (C=O) groups is 3. The fourth-order valence-corrected chi connectivity index (χ4v) is 2.41. The summed E-state index contributed by atoms with van der Waals surface area (Å²) in [5, 5.41) is 13.9. The first-order valence-corrected chi connectivity index (χ1v) is 9.49. The van der Waals surface area contributed by atoms with E-state index in [1.807, 2.05) is 0 Å². The van der Waals surface area contributed by atoms with Crippen LogP contribution in [0.1, 0.15) is 47.4 Å². The van der Waals surface area contributed by atoms with E-state index in [1.165, 1.54) is 0 Å². The molecule has 7 heteroatoms. The van der Waals surface area contributed by atoms with Gasteiger partial charge in [0, 0.05) is 23.4 Å². The second-order valence-corrected chi connectivity index (χ2v) is 6.99. The van der Waals surface area contributed by atoms with E-state index in [0.717, 1.165) is 12.2 Å². The first kappa shape index (κ1) is 21.9. The van der Waals surface area contributed by atoms with E-state index in [4.69, 9.17) is 9.84 Å². The Kier molecular flexibility index (Phi) is 8.21. The van der Waals surface area contributed by atoms with Crippen LogP contribution in [0.5, 0.6) is 5.75 Å². The molecule has 0 saturated heterocycles. The summed E-state index contributed by atoms with van der Waals surface area (Å²) in [6, 6.07) is 13.3. The Labute approximate surface area is 170 Å². The van der Waals surface area contributed by atoms with E-state index in [-0.39, 0.29) is 24.8 Å². The molecule has 0 aliphatic heterocycles. The van der Waals surface area contributed by atoms with Gasteiger partial charge in [0.05, 0.1) is 13.0 Å². The van der Waals surface area contributed by atoms with Crippen molar-refractivity contribution < 1.29 is 24.2 Å². The van der Waals surface area contributed by atoms with Crippen LogP contribution in [0.15, 0.2) is 48.5 Å². The van der Waals surface area contributed by atoms with E-state index in [1.54, 1.807) is 48.5 Å². The van der Waals surface area contributed by atoms with E-state index in [9.17, 15) is 14.4 Å². The van der Waals surface area contributed by atoms with E-state index in [2.05, 4.69) is 24.5 Å². The molecule has 0 unspecified atom stereocenters. The first-order chi connectivity index (χ1) is 13.8. The number of nitrogens with one attached hydrogen (secondary N) is 2. The monoisotopic (exact) mass is 398 g/mol. The molecule has 0 saturated carbocycles. The minimum Gasteiger partial charge on any atom is -0.494 e. The van der Waals surface area contributed by atoms with Crippen LogP contribution >= 0.6 is 0 Å². The minimum absolute atomic E-state index is 0.0594. The summed E-state index contributed by atoms with van der Waals surface area (Å²) in [6.45, 7) is 4.97. The maximum Gasteiger partial charge on any atom is 0.305 e. The van der Waals surface area contributed by atoms with Gasteiger partial charge in [-0.25, -0.2) is 0 Å². The summed E-state index contributed by atoms with van der Waals surface area (Å²) in [6.07, 6.45) is 0.831. The van der Waals surface area contributed by atoms with Crippen LogP contribution in [0.25, 0.3) is 0 Å². The average Bonchev–Trinajstić information content (AvgIpc) is 2.68. The highest BCUT2D eigenvalue weighted by molar-refractivity contribution is 6.04. The average molecular weight is 398 g/mol. The molecule has 0 aromatic heterocycles. The molecule has 0 heterocycles. The standard InChI is InChI=1S/C22H26N2O5/c1-15(2)12-14-29-19-9-5-17(6-10-19)22(28)24-18-7-3-16(4-8-18)21(27)23-13-11-20(25)26/h3-10,15H,11-14H2,1-2H3,(H,23,27)(H,24,28)(H,25,26). The van der Waals surface area contributed by atoms with Crippen LogP contribution in [-0.4, -0.2) is 36.0 Å². The van der Waals surface area contributed by atoms with E-state index in [0.29, 0.717) is 29.3 Å². The number of hydrogen-bond acceptors (Lipinski definition) is 4. The fourth-order valence-electron chi connectivity index (χ4n) is 2.41. The van der Waals surface area contributed by atoms with Crippen molar-refractivity contribution in [1.82, 2.24) is 5.32 Å². The van der Waals surface area contributed by atoms with Crippen LogP contribution in [0, 0.1) is 5.92 Å². The van der Waals surface area contributed by atoms with Crippen molar-refractivity contribution in [3.05, 3.63) is 59.7 Å². The summed E-state index contributed by atoms with van der Waals surface area (Å²) >= 11 is 0. The number of anilines is 1. The van der Waals surface area contributed by atoms with Crippen molar-refractivity contribution in [3.8, 4) is 5.75 Å². The summed E-state index contributed by atoms with van der Waals surface area (Å²) in [5.41, 5.74) is 1.43. The van der Waals surface area contributed by atoms with Crippen molar-refractivity contribution in [1.29, 1.82) is 0 Å². The van der Waals surface area contributed by atoms with Crippen molar-refractivity contribution >= 4 is 23.5 Å². The van der Waals surface area contributed by atoms with Gasteiger partial charge in [0.2, 0.25) is 0 Å². The van der Waals surface area contributed by atoms with Crippen LogP contribution in [0.4, 0.5) is 5.69 Å². The molecule has 0 spiro atoms. The predicted molar refractivity (Wildman–Crippen MR) is 110 cm³/mol. The Morgan fingerprint density at radius 2 is 1.52 bits per heavy atom. The summed E-state index contributed by atoms with van der Waals surface area (Å²) in [7, 11) is 0. The molecule has 0 aliphatic carbocycles. The molecule has 0 bridgehead atoms. The third-order valence-corrected chi connectivity index (χ3v) is 4.11. The zero-order chi connectivity index (χ0) is 21.2. The van der Waals surface area contributed by atoms with Gasteiger partial charge in [0.25, 0.3) is 11.8 Å². The lowest BCUT2D eigenvalue weighted by Gasteiger charge is -2.09. The highest BCUT2D eigenvalue weighted by Crippen LogP contribution is 2.16. The molecule has 154 valence electrons. The van der Waals surface area contributed by atoms with Gasteiger partial charge in [-0.2, -0.15) is 0 Å². The molecule has 2 amide bonds. The lowest BCUT2D eigenvalue weighted by atomic mass is 10.1. The quantitative estimate of drug-likeness (QED) is 0.567. The summed E-state index contributed by atoms with van der Waals surface area (Å²) < 4.78 is 5.64. The van der Waals surface area contributed by atoms with Crippen molar-refractivity contribution in [2.24, 2.45) is 5.92 Å². The summed E-state index contributed by atoms with van der Waals surface area (Å²) in [5.74, 6) is -0.309. The summed E-state index contributed by atoms with van der Waals surface area (Å²) in [4.78, 5) is 34.8. The maximum atomic E-state index is 12.4. The van der Waals surface area contributed by atoms with Crippen LogP contribution < -0.4 is 15.4 Å². The smallest absolute Gasteiger partial charge is 0.305 e. The third-order valence-electron chi connectivity index (χ3n) is 4.11. The molecule has 2 aromatic carbocycles. The van der Waals surface area contributed by atoms with Gasteiger partial charge in [-0.1, -0.05) is 13.8 Å². The van der Waals surface area contributed by atoms with Gasteiger partial charge in [-0.15, -0.1) is 0 Å². The molecule has 0 fully saturated rings. The topological polar surface area (TPSA) is 105 Å². The fraction of sp³-hybridized carbons (Fsp3) is 0.318. The zero-order valence-corrected chi connectivity index (χ0v) is 16.6. The highest BCUT2D eigenvalue weighted by atomic mass is 16.5. The number of amides is 2. The lowest BCUT2D eigenvalue weighted by Crippen LogP contribution is -2.25. The van der Waals surface area contributed by atoms with Gasteiger partial charge in [-0.3, -0.25) is 14.4 Å². The van der Waals surface area contributed by atoms with E-state index >= 15 is 0 Å². The number of carboxylic acid groups (broad SMARTS) is 1. The second kappa shape index (κ2) is 10.8. The number of ether oxygens (including phenoxy) is 1. The number of benzene rings is 2. The first-order valence-electron chi connectivity index (χ1n) is 9.49. The number of carboxylic acids is 1. The molecule has 7 nitrogen and oxygen atoms in total. The largest absolute Gasteiger partial charge is 0.494 e. The van der Waals surface area contributed by atoms with Crippen LogP contribution in [-0.2, 0) is 4.79 Å². The van der Waals surface area contributed by atoms with Crippen molar-refractivity contribution in [2.45, 2.75) is 26.7 Å². The van der Waals surface area contributed by atoms with Gasteiger partial charge < -0.3 is 20.5 Å². The van der Waals surface area contributed by atoms with Gasteiger partial charge in [0.15, 0.2) is 0 Å². The molecule has 0 aliphatic rings. The molecule has 0 radical (unpaired) electrons. The lowest BCUT2D eigenvalue weighted by molar-refractivity contribution is -0.136. The Morgan fingerprint density at radius 3 is 2.10 bits per heavy atom. The number of rotatable bonds is 10. The SMILES string of the molecule is CC(C)CCOc1ccc(C(=O)Nc2ccc(C(=O)NCCC(=O)O)cc2)cc1. The van der Waals surface area contributed by atoms with Gasteiger partial charge in [-0.05, 0) is 60.9 Å². The van der Waals surface area contributed by atoms with Gasteiger partial charge >= 0.3 is 5.97 Å². The molecule has 3 N–H and O–H groups in total. The normalized spacial score (nSPS) is 10.4. The minimum atomic E-state index is -0.974. The second-order valence-electron chi connectivity index (χ2n) is 6.99. The molecule has 2 rings (SSSR count). The Bertz CT molecular complexity index is 829. The zero-order valence-electron chi connectivity index (χ0n) is 16.6. The number of carbonyl (C=O) groups excluding carboxylic acids is 2.